The van der Waals surface area contributed by atoms with E-state index in [1.54, 1.807) is 28.2 Å². The van der Waals surface area contributed by atoms with Gasteiger partial charge >= 0.3 is 0 Å². The Labute approximate surface area is 182 Å². The van der Waals surface area contributed by atoms with Crippen LogP contribution < -0.4 is 20.1 Å². The van der Waals surface area contributed by atoms with Crippen molar-refractivity contribution in [1.29, 1.82) is 0 Å². The standard InChI is InChI=1S/C20H20ClN5O3S/c1-10-5-6-16(30-10)18-17(11(2)24-20-22-9-23-26(18)20)19(27)25-13-8-14(28-3)12(21)7-15(13)29-4/h5-9,18H,1-4H3,(H,25,27)(H,22,23,24)/t18-/m1/s1. The molecule has 10 heteroatoms. The largest absolute Gasteiger partial charge is 0.495 e. The van der Waals surface area contributed by atoms with Crippen LogP contribution in [0.1, 0.15) is 22.7 Å². The maximum absolute atomic E-state index is 13.5. The van der Waals surface area contributed by atoms with Gasteiger partial charge in [-0.25, -0.2) is 4.68 Å². The highest BCUT2D eigenvalue weighted by Gasteiger charge is 2.34. The van der Waals surface area contributed by atoms with E-state index in [9.17, 15) is 4.79 Å². The third-order valence-corrected chi connectivity index (χ3v) is 6.14. The molecule has 1 atom stereocenters. The number of anilines is 2. The number of hydrogen-bond acceptors (Lipinski definition) is 7. The van der Waals surface area contributed by atoms with Crippen LogP contribution in [0.2, 0.25) is 5.02 Å². The van der Waals surface area contributed by atoms with Gasteiger partial charge in [-0.15, -0.1) is 11.3 Å². The Morgan fingerprint density at radius 3 is 2.67 bits per heavy atom. The van der Waals surface area contributed by atoms with Crippen LogP contribution in [0.3, 0.4) is 0 Å². The van der Waals surface area contributed by atoms with Crippen LogP contribution in [0.5, 0.6) is 11.5 Å². The lowest BCUT2D eigenvalue weighted by molar-refractivity contribution is -0.113. The van der Waals surface area contributed by atoms with Crippen molar-refractivity contribution in [3.63, 3.8) is 0 Å². The second-order valence-corrected chi connectivity index (χ2v) is 8.41. The maximum Gasteiger partial charge on any atom is 0.256 e. The number of fused-ring (bicyclic) bond motifs is 1. The summed E-state index contributed by atoms with van der Waals surface area (Å²) in [6.45, 7) is 3.87. The van der Waals surface area contributed by atoms with Gasteiger partial charge in [0.05, 0.1) is 30.5 Å². The average Bonchev–Trinajstić information content (AvgIpc) is 3.36. The first-order valence-electron chi connectivity index (χ1n) is 9.09. The number of aromatic nitrogens is 3. The Kier molecular flexibility index (Phi) is 5.40. The van der Waals surface area contributed by atoms with Crippen molar-refractivity contribution in [2.75, 3.05) is 24.9 Å². The van der Waals surface area contributed by atoms with Gasteiger partial charge in [0.15, 0.2) is 0 Å². The van der Waals surface area contributed by atoms with E-state index in [2.05, 4.69) is 20.7 Å². The smallest absolute Gasteiger partial charge is 0.256 e. The van der Waals surface area contributed by atoms with E-state index in [1.165, 1.54) is 20.5 Å². The highest BCUT2D eigenvalue weighted by Crippen LogP contribution is 2.40. The number of carbonyl (C=O) groups excluding carboxylic acids is 1. The predicted octanol–water partition coefficient (Wildman–Crippen LogP) is 4.25. The minimum atomic E-state index is -0.400. The van der Waals surface area contributed by atoms with Crippen LogP contribution in [-0.4, -0.2) is 34.9 Å². The molecule has 0 unspecified atom stereocenters. The number of ether oxygens (including phenoxy) is 2. The molecule has 0 radical (unpaired) electrons. The summed E-state index contributed by atoms with van der Waals surface area (Å²) >= 11 is 7.80. The molecule has 30 heavy (non-hydrogen) atoms. The Morgan fingerprint density at radius 2 is 2.00 bits per heavy atom. The van der Waals surface area contributed by atoms with Crippen molar-refractivity contribution >= 4 is 40.5 Å². The first kappa shape index (κ1) is 20.2. The van der Waals surface area contributed by atoms with Gasteiger partial charge in [-0.2, -0.15) is 10.1 Å². The molecule has 3 heterocycles. The minimum Gasteiger partial charge on any atom is -0.495 e. The summed E-state index contributed by atoms with van der Waals surface area (Å²) in [5, 5.41) is 10.8. The van der Waals surface area contributed by atoms with Crippen molar-refractivity contribution in [2.24, 2.45) is 0 Å². The number of carbonyl (C=O) groups is 1. The Balaban J connectivity index is 1.75. The lowest BCUT2D eigenvalue weighted by Crippen LogP contribution is -2.31. The number of nitrogens with zero attached hydrogens (tertiary/aromatic N) is 3. The van der Waals surface area contributed by atoms with Crippen LogP contribution in [-0.2, 0) is 4.79 Å². The number of amides is 1. The number of methoxy groups -OCH3 is 2. The van der Waals surface area contributed by atoms with E-state index in [-0.39, 0.29) is 5.91 Å². The van der Waals surface area contributed by atoms with Crippen LogP contribution in [0.25, 0.3) is 0 Å². The first-order chi connectivity index (χ1) is 14.4. The molecule has 4 rings (SSSR count). The molecule has 156 valence electrons. The average molecular weight is 446 g/mol. The lowest BCUT2D eigenvalue weighted by Gasteiger charge is -2.28. The second-order valence-electron chi connectivity index (χ2n) is 6.68. The summed E-state index contributed by atoms with van der Waals surface area (Å²) in [5.74, 6) is 1.16. The molecule has 0 bridgehead atoms. The summed E-state index contributed by atoms with van der Waals surface area (Å²) in [5.41, 5.74) is 1.68. The lowest BCUT2D eigenvalue weighted by atomic mass is 10.0. The van der Waals surface area contributed by atoms with Gasteiger partial charge in [0.25, 0.3) is 5.91 Å². The molecule has 0 aliphatic carbocycles. The molecule has 2 aromatic heterocycles. The zero-order chi connectivity index (χ0) is 21.4. The molecule has 1 aliphatic rings. The third kappa shape index (κ3) is 3.50. The molecular formula is C20H20ClN5O3S. The molecule has 0 saturated carbocycles. The van der Waals surface area contributed by atoms with E-state index in [0.717, 1.165) is 9.75 Å². The molecule has 2 N–H and O–H groups in total. The van der Waals surface area contributed by atoms with Gasteiger partial charge in [-0.05, 0) is 26.0 Å². The van der Waals surface area contributed by atoms with Gasteiger partial charge in [-0.1, -0.05) is 11.6 Å². The van der Waals surface area contributed by atoms with Gasteiger partial charge in [0.2, 0.25) is 5.95 Å². The summed E-state index contributed by atoms with van der Waals surface area (Å²) in [6, 6.07) is 6.87. The Morgan fingerprint density at radius 1 is 1.23 bits per heavy atom. The fourth-order valence-electron chi connectivity index (χ4n) is 3.40. The number of thiophene rings is 1. The van der Waals surface area contributed by atoms with Crippen LogP contribution >= 0.6 is 22.9 Å². The summed E-state index contributed by atoms with van der Waals surface area (Å²) in [7, 11) is 3.03. The molecule has 0 saturated heterocycles. The van der Waals surface area contributed by atoms with Crippen LogP contribution in [0, 0.1) is 6.92 Å². The van der Waals surface area contributed by atoms with Gasteiger partial charge < -0.3 is 20.1 Å². The molecule has 1 aromatic carbocycles. The SMILES string of the molecule is COc1cc(NC(=O)C2=C(C)Nc3ncnn3[C@@H]2c2ccc(C)s2)c(OC)cc1Cl. The Hall–Kier alpha value is -3.04. The number of rotatable bonds is 5. The second kappa shape index (κ2) is 8.00. The number of allylic oxidation sites excluding steroid dienone is 1. The predicted molar refractivity (Wildman–Crippen MR) is 117 cm³/mol. The molecule has 0 spiro atoms. The highest BCUT2D eigenvalue weighted by atomic mass is 35.5. The normalized spacial score (nSPS) is 15.4. The summed E-state index contributed by atoms with van der Waals surface area (Å²) in [4.78, 5) is 19.8. The van der Waals surface area contributed by atoms with E-state index < -0.39 is 6.04 Å². The Bertz CT molecular complexity index is 1150. The van der Waals surface area contributed by atoms with E-state index >= 15 is 0 Å². The molecule has 8 nitrogen and oxygen atoms in total. The van der Waals surface area contributed by atoms with Crippen molar-refractivity contribution in [3.8, 4) is 11.5 Å². The van der Waals surface area contributed by atoms with Crippen LogP contribution in [0.15, 0.2) is 41.9 Å². The molecule has 3 aromatic rings. The fraction of sp³-hybridized carbons (Fsp3) is 0.250. The molecule has 0 fully saturated rings. The maximum atomic E-state index is 13.5. The molecular weight excluding hydrogens is 426 g/mol. The van der Waals surface area contributed by atoms with Crippen molar-refractivity contribution in [3.05, 3.63) is 56.6 Å². The highest BCUT2D eigenvalue weighted by molar-refractivity contribution is 7.12. The third-order valence-electron chi connectivity index (χ3n) is 4.79. The number of benzene rings is 1. The van der Waals surface area contributed by atoms with Gasteiger partial charge in [0, 0.05) is 27.6 Å². The summed E-state index contributed by atoms with van der Waals surface area (Å²) in [6.07, 6.45) is 1.47. The zero-order valence-electron chi connectivity index (χ0n) is 16.8. The zero-order valence-corrected chi connectivity index (χ0v) is 18.4. The van der Waals surface area contributed by atoms with Gasteiger partial charge in [0.1, 0.15) is 23.9 Å². The van der Waals surface area contributed by atoms with Crippen molar-refractivity contribution < 1.29 is 14.3 Å². The number of hydrogen-bond donors (Lipinski definition) is 2. The number of halogens is 1. The van der Waals surface area contributed by atoms with E-state index in [0.29, 0.717) is 39.4 Å². The minimum absolute atomic E-state index is 0.292. The fourth-order valence-corrected chi connectivity index (χ4v) is 4.60. The number of aryl methyl sites for hydroxylation is 1. The number of nitrogens with one attached hydrogen (secondary N) is 2. The summed E-state index contributed by atoms with van der Waals surface area (Å²) < 4.78 is 12.4. The molecule has 1 amide bonds. The topological polar surface area (TPSA) is 90.3 Å². The van der Waals surface area contributed by atoms with E-state index in [1.807, 2.05) is 26.0 Å². The quantitative estimate of drug-likeness (QED) is 0.610. The first-order valence-corrected chi connectivity index (χ1v) is 10.3. The van der Waals surface area contributed by atoms with Gasteiger partial charge in [-0.3, -0.25) is 4.79 Å². The van der Waals surface area contributed by atoms with E-state index in [4.69, 9.17) is 21.1 Å². The van der Waals surface area contributed by atoms with Crippen LogP contribution in [0.4, 0.5) is 11.6 Å². The monoisotopic (exact) mass is 445 g/mol. The van der Waals surface area contributed by atoms with Crippen molar-refractivity contribution in [1.82, 2.24) is 14.8 Å². The molecule has 1 aliphatic heterocycles. The van der Waals surface area contributed by atoms with Crippen molar-refractivity contribution in [2.45, 2.75) is 19.9 Å².